The Kier molecular flexibility index (Phi) is 5.57. The molecule has 0 spiro atoms. The van der Waals surface area contributed by atoms with Gasteiger partial charge in [0, 0.05) is 11.3 Å². The van der Waals surface area contributed by atoms with Gasteiger partial charge in [0.25, 0.3) is 0 Å². The van der Waals surface area contributed by atoms with Crippen LogP contribution in [0.5, 0.6) is 0 Å². The molecule has 7 heteroatoms. The summed E-state index contributed by atoms with van der Waals surface area (Å²) in [5.74, 6) is -0.616. The number of carbonyl (C=O) groups is 1. The number of ether oxygens (including phenoxy) is 2. The molecule has 0 fully saturated rings. The van der Waals surface area contributed by atoms with E-state index in [1.54, 1.807) is 27.7 Å². The molecule has 5 nitrogen and oxygen atoms in total. The third kappa shape index (κ3) is 4.07. The lowest BCUT2D eigenvalue weighted by molar-refractivity contribution is -0.164. The number of pyridine rings is 1. The zero-order valence-corrected chi connectivity index (χ0v) is 14.0. The molecule has 0 saturated carbocycles. The Morgan fingerprint density at radius 1 is 1.38 bits per heavy atom. The average molecular weight is 331 g/mol. The molecule has 0 aliphatic heterocycles. The van der Waals surface area contributed by atoms with E-state index in [2.05, 4.69) is 9.83 Å². The van der Waals surface area contributed by atoms with Crippen molar-refractivity contribution in [3.05, 3.63) is 32.9 Å². The topological polar surface area (TPSA) is 52.8 Å². The molecule has 1 aromatic rings. The van der Waals surface area contributed by atoms with Crippen molar-refractivity contribution >= 4 is 34.9 Å². The monoisotopic (exact) mass is 330 g/mol. The maximum Gasteiger partial charge on any atom is 0.339 e. The van der Waals surface area contributed by atoms with Crippen molar-refractivity contribution in [1.29, 1.82) is 0 Å². The van der Waals surface area contributed by atoms with E-state index in [4.69, 9.17) is 39.2 Å². The van der Waals surface area contributed by atoms with E-state index in [0.717, 1.165) is 0 Å². The molecule has 0 unspecified atom stereocenters. The minimum absolute atomic E-state index is 0.00405. The predicted octanol–water partition coefficient (Wildman–Crippen LogP) is 4.28. The van der Waals surface area contributed by atoms with Gasteiger partial charge in [0.1, 0.15) is 5.15 Å². The Labute approximate surface area is 134 Å². The van der Waals surface area contributed by atoms with E-state index in [9.17, 15) is 4.79 Å². The zero-order chi connectivity index (χ0) is 16.4. The number of hydrogen-bond donors (Lipinski definition) is 0. The number of halogens is 2. The highest BCUT2D eigenvalue weighted by Gasteiger charge is 2.33. The van der Waals surface area contributed by atoms with Gasteiger partial charge >= 0.3 is 5.97 Å². The van der Waals surface area contributed by atoms with E-state index in [-0.39, 0.29) is 15.9 Å². The number of hydrogen-bond acceptors (Lipinski definition) is 4. The lowest BCUT2D eigenvalue weighted by atomic mass is 10.1. The molecule has 0 aromatic carbocycles. The van der Waals surface area contributed by atoms with Crippen molar-refractivity contribution in [1.82, 2.24) is 4.98 Å². The van der Waals surface area contributed by atoms with E-state index in [1.807, 2.05) is 0 Å². The number of esters is 1. The molecule has 0 bridgehead atoms. The van der Waals surface area contributed by atoms with E-state index in [1.165, 1.54) is 7.11 Å². The minimum Gasteiger partial charge on any atom is -0.467 e. The van der Waals surface area contributed by atoms with Gasteiger partial charge in [0.15, 0.2) is 6.10 Å². The van der Waals surface area contributed by atoms with Crippen molar-refractivity contribution in [3.8, 4) is 0 Å². The van der Waals surface area contributed by atoms with E-state index < -0.39 is 17.7 Å². The minimum atomic E-state index is -1.08. The second-order valence-corrected chi connectivity index (χ2v) is 6.05. The van der Waals surface area contributed by atoms with E-state index >= 15 is 0 Å². The summed E-state index contributed by atoms with van der Waals surface area (Å²) < 4.78 is 10.5. The highest BCUT2D eigenvalue weighted by Crippen LogP contribution is 2.41. The Bertz CT molecular complexity index is 604. The summed E-state index contributed by atoms with van der Waals surface area (Å²) >= 11 is 12.1. The van der Waals surface area contributed by atoms with Gasteiger partial charge in [0.05, 0.1) is 24.3 Å². The van der Waals surface area contributed by atoms with Crippen LogP contribution >= 0.6 is 23.2 Å². The molecular formula is C14H16Cl2N2O3. The number of aryl methyl sites for hydroxylation is 1. The molecule has 1 aromatic heterocycles. The van der Waals surface area contributed by atoms with Crippen LogP contribution in [0.15, 0.2) is 0 Å². The van der Waals surface area contributed by atoms with Crippen molar-refractivity contribution in [2.45, 2.75) is 39.4 Å². The molecule has 0 aliphatic rings. The van der Waals surface area contributed by atoms with Crippen LogP contribution in [0.25, 0.3) is 4.85 Å². The van der Waals surface area contributed by atoms with Crippen LogP contribution < -0.4 is 0 Å². The number of nitrogens with zero attached hydrogens (tertiary/aromatic N) is 2. The van der Waals surface area contributed by atoms with Crippen molar-refractivity contribution in [2.24, 2.45) is 0 Å². The fourth-order valence-corrected chi connectivity index (χ4v) is 2.40. The highest BCUT2D eigenvalue weighted by atomic mass is 35.5. The van der Waals surface area contributed by atoms with Gasteiger partial charge in [-0.15, -0.1) is 0 Å². The predicted molar refractivity (Wildman–Crippen MR) is 80.9 cm³/mol. The first-order valence-electron chi connectivity index (χ1n) is 6.11. The maximum absolute atomic E-state index is 12.0. The molecular weight excluding hydrogens is 315 g/mol. The third-order valence-electron chi connectivity index (χ3n) is 2.56. The summed E-state index contributed by atoms with van der Waals surface area (Å²) in [6.07, 6.45) is -1.08. The second kappa shape index (κ2) is 6.61. The maximum atomic E-state index is 12.0. The summed E-state index contributed by atoms with van der Waals surface area (Å²) in [7, 11) is 1.25. The molecule has 0 aliphatic carbocycles. The zero-order valence-electron chi connectivity index (χ0n) is 12.5. The fourth-order valence-electron chi connectivity index (χ4n) is 1.72. The van der Waals surface area contributed by atoms with Crippen LogP contribution in [0.1, 0.15) is 38.1 Å². The first-order valence-corrected chi connectivity index (χ1v) is 6.86. The third-order valence-corrected chi connectivity index (χ3v) is 3.20. The first-order chi connectivity index (χ1) is 9.62. The Morgan fingerprint density at radius 2 is 1.95 bits per heavy atom. The summed E-state index contributed by atoms with van der Waals surface area (Å²) in [4.78, 5) is 19.3. The normalized spacial score (nSPS) is 12.7. The van der Waals surface area contributed by atoms with Gasteiger partial charge in [0.2, 0.25) is 5.69 Å². The van der Waals surface area contributed by atoms with Crippen molar-refractivity contribution in [3.63, 3.8) is 0 Å². The summed E-state index contributed by atoms with van der Waals surface area (Å²) in [6, 6.07) is 0. The number of methoxy groups -OCH3 is 1. The highest BCUT2D eigenvalue weighted by molar-refractivity contribution is 6.39. The van der Waals surface area contributed by atoms with Crippen LogP contribution in [0.2, 0.25) is 10.2 Å². The molecule has 0 amide bonds. The Balaban J connectivity index is 3.52. The smallest absolute Gasteiger partial charge is 0.339 e. The largest absolute Gasteiger partial charge is 0.467 e. The molecule has 114 valence electrons. The molecule has 1 atom stereocenters. The molecule has 21 heavy (non-hydrogen) atoms. The van der Waals surface area contributed by atoms with Crippen LogP contribution in [0.3, 0.4) is 0 Å². The quantitative estimate of drug-likeness (QED) is 0.471. The molecule has 0 saturated heterocycles. The van der Waals surface area contributed by atoms with Gasteiger partial charge in [-0.25, -0.2) is 9.64 Å². The standard InChI is InChI=1S/C14H16Cl2N2O3/c1-7-8(9(15)10(17-5)12(16)18-7)11(13(19)20-6)21-14(2,3)4/h11H,1-4,6H3/t11-/m0/s1. The summed E-state index contributed by atoms with van der Waals surface area (Å²) in [6.45, 7) is 14.2. The summed E-state index contributed by atoms with van der Waals surface area (Å²) in [5.41, 5.74) is 0.0863. The first kappa shape index (κ1) is 17.7. The molecule has 1 rings (SSSR count). The number of rotatable bonds is 3. The van der Waals surface area contributed by atoms with Gasteiger partial charge in [-0.3, -0.25) is 4.98 Å². The van der Waals surface area contributed by atoms with Gasteiger partial charge in [-0.1, -0.05) is 23.2 Å². The van der Waals surface area contributed by atoms with Crippen molar-refractivity contribution in [2.75, 3.05) is 7.11 Å². The van der Waals surface area contributed by atoms with Crippen LogP contribution in [0.4, 0.5) is 5.69 Å². The Morgan fingerprint density at radius 3 is 2.38 bits per heavy atom. The molecule has 1 heterocycles. The average Bonchev–Trinajstić information content (AvgIpc) is 2.35. The molecule has 0 radical (unpaired) electrons. The van der Waals surface area contributed by atoms with Crippen LogP contribution in [-0.4, -0.2) is 23.7 Å². The van der Waals surface area contributed by atoms with Crippen LogP contribution in [0, 0.1) is 13.5 Å². The lowest BCUT2D eigenvalue weighted by Gasteiger charge is -2.27. The molecule has 0 N–H and O–H groups in total. The van der Waals surface area contributed by atoms with Gasteiger partial charge in [-0.2, -0.15) is 0 Å². The SMILES string of the molecule is [C-]#[N+]c1c(Cl)nc(C)c([C@H](OC(C)(C)C)C(=O)OC)c1Cl. The lowest BCUT2D eigenvalue weighted by Crippen LogP contribution is -2.29. The van der Waals surface area contributed by atoms with Crippen molar-refractivity contribution < 1.29 is 14.3 Å². The summed E-state index contributed by atoms with van der Waals surface area (Å²) in [5, 5.41) is 0.0535. The Hall–Kier alpha value is -1.35. The van der Waals surface area contributed by atoms with E-state index in [0.29, 0.717) is 11.3 Å². The van der Waals surface area contributed by atoms with Crippen LogP contribution in [-0.2, 0) is 14.3 Å². The van der Waals surface area contributed by atoms with Gasteiger partial charge < -0.3 is 9.47 Å². The number of carbonyl (C=O) groups excluding carboxylic acids is 1. The van der Waals surface area contributed by atoms with Gasteiger partial charge in [-0.05, 0) is 27.7 Å². The second-order valence-electron chi connectivity index (χ2n) is 5.31. The number of aromatic nitrogens is 1. The fraction of sp³-hybridized carbons (Fsp3) is 0.500.